The molecule has 1 atom stereocenters. The van der Waals surface area contributed by atoms with E-state index in [4.69, 9.17) is 23.2 Å². The molecule has 0 bridgehead atoms. The Labute approximate surface area is 275 Å². The van der Waals surface area contributed by atoms with Crippen LogP contribution in [0, 0.1) is 0 Å². The highest BCUT2D eigenvalue weighted by Crippen LogP contribution is 2.45. The van der Waals surface area contributed by atoms with Gasteiger partial charge in [-0.05, 0) is 63.2 Å². The standard InChI is InChI=1S/C41H32Cl2N2/c42-38-24-20-32(21-25-38)31-16-18-34(19-17-31)40(33-10-4-1-5-11-33)44-28-29-45(30-44)41(35-12-6-2-7-13-35,36-14-8-3-9-15-36)37-22-26-39(43)27-23-37/h1-29,40H,30H2. The van der Waals surface area contributed by atoms with Gasteiger partial charge >= 0.3 is 0 Å². The molecule has 0 N–H and O–H groups in total. The maximum absolute atomic E-state index is 6.43. The maximum Gasteiger partial charge on any atom is 0.117 e. The average Bonchev–Trinajstić information content (AvgIpc) is 3.58. The summed E-state index contributed by atoms with van der Waals surface area (Å²) in [6, 6.07) is 57.5. The zero-order valence-electron chi connectivity index (χ0n) is 24.7. The fourth-order valence-electron chi connectivity index (χ4n) is 6.58. The zero-order chi connectivity index (χ0) is 30.6. The number of hydrogen-bond donors (Lipinski definition) is 0. The molecule has 1 heterocycles. The molecule has 1 aliphatic heterocycles. The largest absolute Gasteiger partial charge is 0.347 e. The molecule has 7 rings (SSSR count). The van der Waals surface area contributed by atoms with E-state index in [1.807, 2.05) is 24.3 Å². The Bertz CT molecular complexity index is 1830. The molecule has 0 saturated heterocycles. The van der Waals surface area contributed by atoms with E-state index in [2.05, 4.69) is 162 Å². The Kier molecular flexibility index (Phi) is 8.17. The van der Waals surface area contributed by atoms with Gasteiger partial charge < -0.3 is 9.80 Å². The molecular formula is C41H32Cl2N2. The second-order valence-electron chi connectivity index (χ2n) is 11.3. The third-order valence-electron chi connectivity index (χ3n) is 8.68. The van der Waals surface area contributed by atoms with Crippen molar-refractivity contribution >= 4 is 23.2 Å². The lowest BCUT2D eigenvalue weighted by Crippen LogP contribution is -2.46. The van der Waals surface area contributed by atoms with Gasteiger partial charge in [0.1, 0.15) is 5.54 Å². The lowest BCUT2D eigenvalue weighted by molar-refractivity contribution is 0.162. The highest BCUT2D eigenvalue weighted by molar-refractivity contribution is 6.30. The van der Waals surface area contributed by atoms with Crippen LogP contribution in [0.5, 0.6) is 0 Å². The summed E-state index contributed by atoms with van der Waals surface area (Å²) >= 11 is 12.6. The van der Waals surface area contributed by atoms with E-state index in [9.17, 15) is 0 Å². The predicted octanol–water partition coefficient (Wildman–Crippen LogP) is 10.8. The summed E-state index contributed by atoms with van der Waals surface area (Å²) in [6.07, 6.45) is 4.48. The summed E-state index contributed by atoms with van der Waals surface area (Å²) in [6.45, 7) is 0.672. The van der Waals surface area contributed by atoms with Crippen molar-refractivity contribution in [1.82, 2.24) is 9.80 Å². The lowest BCUT2D eigenvalue weighted by Gasteiger charge is -2.45. The molecule has 0 radical (unpaired) electrons. The van der Waals surface area contributed by atoms with Gasteiger partial charge in [0.15, 0.2) is 0 Å². The van der Waals surface area contributed by atoms with E-state index >= 15 is 0 Å². The monoisotopic (exact) mass is 622 g/mol. The van der Waals surface area contributed by atoms with Crippen LogP contribution in [-0.4, -0.2) is 16.5 Å². The van der Waals surface area contributed by atoms with E-state index < -0.39 is 5.54 Å². The molecule has 220 valence electrons. The Balaban J connectivity index is 1.32. The third-order valence-corrected chi connectivity index (χ3v) is 9.18. The minimum absolute atomic E-state index is 0.0150. The number of hydrogen-bond acceptors (Lipinski definition) is 2. The van der Waals surface area contributed by atoms with Crippen molar-refractivity contribution in [3.63, 3.8) is 0 Å². The van der Waals surface area contributed by atoms with Gasteiger partial charge in [0.05, 0.1) is 12.7 Å². The third kappa shape index (κ3) is 5.64. The summed E-state index contributed by atoms with van der Waals surface area (Å²) in [5.41, 5.74) is 7.71. The van der Waals surface area contributed by atoms with Crippen molar-refractivity contribution in [3.8, 4) is 11.1 Å². The van der Waals surface area contributed by atoms with Gasteiger partial charge in [-0.2, -0.15) is 0 Å². The molecule has 0 saturated carbocycles. The van der Waals surface area contributed by atoms with Gasteiger partial charge in [-0.1, -0.05) is 163 Å². The Morgan fingerprint density at radius 1 is 0.444 bits per heavy atom. The smallest absolute Gasteiger partial charge is 0.117 e. The van der Waals surface area contributed by atoms with Gasteiger partial charge in [-0.3, -0.25) is 0 Å². The molecule has 0 fully saturated rings. The molecule has 1 aliphatic rings. The molecule has 0 aromatic heterocycles. The molecule has 1 unspecified atom stereocenters. The molecule has 6 aromatic carbocycles. The first-order valence-corrected chi connectivity index (χ1v) is 15.9. The van der Waals surface area contributed by atoms with Gasteiger partial charge in [-0.15, -0.1) is 0 Å². The van der Waals surface area contributed by atoms with Crippen LogP contribution < -0.4 is 0 Å². The summed E-state index contributed by atoms with van der Waals surface area (Å²) in [7, 11) is 0. The number of halogens is 2. The fraction of sp³-hybridized carbons (Fsp3) is 0.0732. The second kappa shape index (κ2) is 12.7. The van der Waals surface area contributed by atoms with Gasteiger partial charge in [-0.25, -0.2) is 0 Å². The van der Waals surface area contributed by atoms with E-state index in [0.29, 0.717) is 6.67 Å². The number of rotatable bonds is 8. The first kappa shape index (κ1) is 29.0. The Hall–Kier alpha value is -4.76. The van der Waals surface area contributed by atoms with Gasteiger partial charge in [0, 0.05) is 22.4 Å². The highest BCUT2D eigenvalue weighted by Gasteiger charge is 2.43. The van der Waals surface area contributed by atoms with Crippen LogP contribution in [0.2, 0.25) is 10.0 Å². The van der Waals surface area contributed by atoms with Crippen LogP contribution in [0.4, 0.5) is 0 Å². The first-order chi connectivity index (χ1) is 22.1. The van der Waals surface area contributed by atoms with E-state index in [1.165, 1.54) is 22.3 Å². The SMILES string of the molecule is Clc1ccc(-c2ccc(C(c3ccccc3)N3C=CN(C(c4ccccc4)(c4ccccc4)c4ccc(Cl)cc4)C3)cc2)cc1. The topological polar surface area (TPSA) is 6.48 Å². The quantitative estimate of drug-likeness (QED) is 0.156. The molecule has 0 amide bonds. The minimum Gasteiger partial charge on any atom is -0.347 e. The zero-order valence-corrected chi connectivity index (χ0v) is 26.2. The van der Waals surface area contributed by atoms with E-state index in [0.717, 1.165) is 26.7 Å². The number of nitrogens with zero attached hydrogens (tertiary/aromatic N) is 2. The van der Waals surface area contributed by atoms with Crippen molar-refractivity contribution in [3.05, 3.63) is 214 Å². The Morgan fingerprint density at radius 3 is 1.40 bits per heavy atom. The summed E-state index contributed by atoms with van der Waals surface area (Å²) in [5, 5.41) is 1.46. The average molecular weight is 624 g/mol. The normalized spacial score (nSPS) is 13.6. The van der Waals surface area contributed by atoms with Gasteiger partial charge in [0.25, 0.3) is 0 Å². The molecule has 45 heavy (non-hydrogen) atoms. The molecule has 6 aromatic rings. The van der Waals surface area contributed by atoms with Crippen LogP contribution in [0.25, 0.3) is 11.1 Å². The summed E-state index contributed by atoms with van der Waals surface area (Å²) in [5.74, 6) is 0. The van der Waals surface area contributed by atoms with Crippen LogP contribution in [-0.2, 0) is 5.54 Å². The molecule has 0 spiro atoms. The molecular weight excluding hydrogens is 591 g/mol. The second-order valence-corrected chi connectivity index (χ2v) is 12.2. The predicted molar refractivity (Wildman–Crippen MR) is 187 cm³/mol. The Morgan fingerprint density at radius 2 is 0.867 bits per heavy atom. The van der Waals surface area contributed by atoms with Crippen LogP contribution >= 0.6 is 23.2 Å². The molecule has 4 heteroatoms. The van der Waals surface area contributed by atoms with Crippen LogP contribution in [0.1, 0.15) is 33.9 Å². The maximum atomic E-state index is 6.43. The lowest BCUT2D eigenvalue weighted by atomic mass is 9.76. The van der Waals surface area contributed by atoms with E-state index in [1.54, 1.807) is 0 Å². The summed E-state index contributed by atoms with van der Waals surface area (Å²) in [4.78, 5) is 4.89. The highest BCUT2D eigenvalue weighted by atomic mass is 35.5. The van der Waals surface area contributed by atoms with Gasteiger partial charge in [0.2, 0.25) is 0 Å². The van der Waals surface area contributed by atoms with Crippen molar-refractivity contribution in [2.24, 2.45) is 0 Å². The minimum atomic E-state index is -0.585. The summed E-state index contributed by atoms with van der Waals surface area (Å²) < 4.78 is 0. The number of benzene rings is 6. The fourth-order valence-corrected chi connectivity index (χ4v) is 6.83. The van der Waals surface area contributed by atoms with Crippen molar-refractivity contribution in [2.45, 2.75) is 11.6 Å². The first-order valence-electron chi connectivity index (χ1n) is 15.1. The van der Waals surface area contributed by atoms with Crippen molar-refractivity contribution in [2.75, 3.05) is 6.67 Å². The molecule has 0 aliphatic carbocycles. The molecule has 2 nitrogen and oxygen atoms in total. The van der Waals surface area contributed by atoms with Crippen molar-refractivity contribution in [1.29, 1.82) is 0 Å². The van der Waals surface area contributed by atoms with E-state index in [-0.39, 0.29) is 6.04 Å². The van der Waals surface area contributed by atoms with Crippen LogP contribution in [0.3, 0.4) is 0 Å². The van der Waals surface area contributed by atoms with Crippen LogP contribution in [0.15, 0.2) is 176 Å². The van der Waals surface area contributed by atoms with Crippen molar-refractivity contribution < 1.29 is 0 Å².